The largest absolute Gasteiger partial charge is 0.456 e. The lowest BCUT2D eigenvalue weighted by Gasteiger charge is -2.10. The van der Waals surface area contributed by atoms with Crippen LogP contribution in [0.1, 0.15) is 18.1 Å². The summed E-state index contributed by atoms with van der Waals surface area (Å²) in [5, 5.41) is 9.87. The molecule has 2 aromatic rings. The predicted molar refractivity (Wildman–Crippen MR) is 79.8 cm³/mol. The van der Waals surface area contributed by atoms with Gasteiger partial charge in [0, 0.05) is 9.50 Å². The number of nitriles is 1. The van der Waals surface area contributed by atoms with Crippen LogP contribution in [0, 0.1) is 11.3 Å². The first-order valence-corrected chi connectivity index (χ1v) is 6.97. The van der Waals surface area contributed by atoms with Crippen molar-refractivity contribution in [2.24, 2.45) is 0 Å². The van der Waals surface area contributed by atoms with Crippen molar-refractivity contribution in [1.29, 1.82) is 5.26 Å². The summed E-state index contributed by atoms with van der Waals surface area (Å²) in [7, 11) is 0. The number of hydrogen-bond donors (Lipinski definition) is 0. The van der Waals surface area contributed by atoms with Crippen molar-refractivity contribution < 1.29 is 4.74 Å². The summed E-state index contributed by atoms with van der Waals surface area (Å²) in [6.07, 6.45) is 0.833. The lowest BCUT2D eigenvalue weighted by Crippen LogP contribution is -1.91. The first-order chi connectivity index (χ1) is 9.15. The Morgan fingerprint density at radius 2 is 2.11 bits per heavy atom. The molecule has 19 heavy (non-hydrogen) atoms. The summed E-state index contributed by atoms with van der Waals surface area (Å²) in [6, 6.07) is 13.0. The molecule has 0 radical (unpaired) electrons. The van der Waals surface area contributed by atoms with Crippen LogP contribution >= 0.6 is 27.5 Å². The van der Waals surface area contributed by atoms with Gasteiger partial charge in [-0.25, -0.2) is 0 Å². The molecule has 0 N–H and O–H groups in total. The average Bonchev–Trinajstić information content (AvgIpc) is 2.41. The Hall–Kier alpha value is -1.50. The Labute approximate surface area is 125 Å². The molecule has 0 saturated heterocycles. The molecule has 0 spiro atoms. The normalized spacial score (nSPS) is 10.0. The van der Waals surface area contributed by atoms with E-state index in [2.05, 4.69) is 22.0 Å². The maximum atomic E-state index is 9.14. The van der Waals surface area contributed by atoms with E-state index < -0.39 is 0 Å². The van der Waals surface area contributed by atoms with Gasteiger partial charge in [0.2, 0.25) is 0 Å². The molecule has 0 unspecified atom stereocenters. The van der Waals surface area contributed by atoms with E-state index in [0.29, 0.717) is 17.1 Å². The van der Waals surface area contributed by atoms with E-state index in [1.165, 1.54) is 0 Å². The summed E-state index contributed by atoms with van der Waals surface area (Å²) in [4.78, 5) is 0. The maximum Gasteiger partial charge on any atom is 0.146 e. The lowest BCUT2D eigenvalue weighted by atomic mass is 10.1. The fraction of sp³-hybridized carbons (Fsp3) is 0.133. The van der Waals surface area contributed by atoms with Gasteiger partial charge in [0.05, 0.1) is 0 Å². The fourth-order valence-corrected chi connectivity index (χ4v) is 2.40. The van der Waals surface area contributed by atoms with Gasteiger partial charge < -0.3 is 4.74 Å². The minimum Gasteiger partial charge on any atom is -0.456 e. The third kappa shape index (κ3) is 3.09. The van der Waals surface area contributed by atoms with Crippen molar-refractivity contribution >= 4 is 27.5 Å². The highest BCUT2D eigenvalue weighted by molar-refractivity contribution is 9.10. The fourth-order valence-electron chi connectivity index (χ4n) is 1.71. The van der Waals surface area contributed by atoms with Crippen molar-refractivity contribution in [2.45, 2.75) is 13.3 Å². The quantitative estimate of drug-likeness (QED) is 0.759. The first kappa shape index (κ1) is 13.9. The third-order valence-electron chi connectivity index (χ3n) is 2.71. The van der Waals surface area contributed by atoms with Crippen LogP contribution in [0.4, 0.5) is 0 Å². The Morgan fingerprint density at radius 1 is 1.32 bits per heavy atom. The predicted octanol–water partition coefficient (Wildman–Crippen LogP) is 5.33. The molecule has 0 amide bonds. The van der Waals surface area contributed by atoms with Crippen molar-refractivity contribution in [1.82, 2.24) is 0 Å². The number of nitrogens with zero attached hydrogens (tertiary/aromatic N) is 1. The molecule has 0 saturated carbocycles. The van der Waals surface area contributed by atoms with Crippen LogP contribution in [-0.2, 0) is 6.42 Å². The number of rotatable bonds is 3. The highest BCUT2D eigenvalue weighted by atomic mass is 79.9. The SMILES string of the molecule is CCc1cc(Oc2cccc(Br)c2C#N)ccc1Cl. The molecule has 96 valence electrons. The molecule has 2 nitrogen and oxygen atoms in total. The molecule has 0 bridgehead atoms. The van der Waals surface area contributed by atoms with Crippen LogP contribution < -0.4 is 4.74 Å². The zero-order valence-corrected chi connectivity index (χ0v) is 12.6. The van der Waals surface area contributed by atoms with Gasteiger partial charge in [-0.15, -0.1) is 0 Å². The molecular weight excluding hydrogens is 326 g/mol. The van der Waals surface area contributed by atoms with Crippen LogP contribution in [0.3, 0.4) is 0 Å². The lowest BCUT2D eigenvalue weighted by molar-refractivity contribution is 0.480. The molecule has 0 atom stereocenters. The Morgan fingerprint density at radius 3 is 2.79 bits per heavy atom. The zero-order valence-electron chi connectivity index (χ0n) is 10.3. The van der Waals surface area contributed by atoms with Gasteiger partial charge in [-0.05, 0) is 58.2 Å². The van der Waals surface area contributed by atoms with E-state index in [-0.39, 0.29) is 0 Å². The zero-order chi connectivity index (χ0) is 13.8. The number of aryl methyl sites for hydroxylation is 1. The highest BCUT2D eigenvalue weighted by Crippen LogP contribution is 2.31. The van der Waals surface area contributed by atoms with Gasteiger partial charge >= 0.3 is 0 Å². The van der Waals surface area contributed by atoms with Crippen LogP contribution in [0.25, 0.3) is 0 Å². The van der Waals surface area contributed by atoms with Gasteiger partial charge in [-0.1, -0.05) is 24.6 Å². The van der Waals surface area contributed by atoms with Gasteiger partial charge in [0.15, 0.2) is 0 Å². The molecule has 0 fully saturated rings. The molecule has 2 aromatic carbocycles. The smallest absolute Gasteiger partial charge is 0.146 e. The van der Waals surface area contributed by atoms with Crippen molar-refractivity contribution in [3.63, 3.8) is 0 Å². The van der Waals surface area contributed by atoms with E-state index in [1.807, 2.05) is 25.1 Å². The van der Waals surface area contributed by atoms with E-state index in [0.717, 1.165) is 21.5 Å². The van der Waals surface area contributed by atoms with Crippen LogP contribution in [-0.4, -0.2) is 0 Å². The standard InChI is InChI=1S/C15H11BrClNO/c1-2-10-8-11(6-7-14(10)17)19-15-5-3-4-13(16)12(15)9-18/h3-8H,2H2,1H3. The van der Waals surface area contributed by atoms with E-state index in [4.69, 9.17) is 21.6 Å². The summed E-state index contributed by atoms with van der Waals surface area (Å²) in [5.74, 6) is 1.21. The minimum absolute atomic E-state index is 0.482. The van der Waals surface area contributed by atoms with Crippen molar-refractivity contribution in [3.8, 4) is 17.6 Å². The van der Waals surface area contributed by atoms with E-state index in [1.54, 1.807) is 18.2 Å². The molecule has 4 heteroatoms. The summed E-state index contributed by atoms with van der Waals surface area (Å²) in [6.45, 7) is 2.03. The highest BCUT2D eigenvalue weighted by Gasteiger charge is 2.09. The Kier molecular flexibility index (Phi) is 4.47. The number of benzene rings is 2. The van der Waals surface area contributed by atoms with Crippen molar-refractivity contribution in [2.75, 3.05) is 0 Å². The minimum atomic E-state index is 0.482. The number of ether oxygens (including phenoxy) is 1. The first-order valence-electron chi connectivity index (χ1n) is 5.80. The number of halogens is 2. The van der Waals surface area contributed by atoms with Gasteiger partial charge in [-0.3, -0.25) is 0 Å². The molecule has 2 rings (SSSR count). The summed E-state index contributed by atoms with van der Waals surface area (Å²) >= 11 is 9.40. The second kappa shape index (κ2) is 6.10. The van der Waals surface area contributed by atoms with Gasteiger partial charge in [0.25, 0.3) is 0 Å². The average molecular weight is 337 g/mol. The van der Waals surface area contributed by atoms with E-state index >= 15 is 0 Å². The summed E-state index contributed by atoms with van der Waals surface area (Å²) in [5.41, 5.74) is 1.50. The van der Waals surface area contributed by atoms with Crippen LogP contribution in [0.5, 0.6) is 11.5 Å². The van der Waals surface area contributed by atoms with Crippen LogP contribution in [0.2, 0.25) is 5.02 Å². The van der Waals surface area contributed by atoms with Crippen molar-refractivity contribution in [3.05, 3.63) is 57.0 Å². The number of hydrogen-bond acceptors (Lipinski definition) is 2. The van der Waals surface area contributed by atoms with E-state index in [9.17, 15) is 0 Å². The maximum absolute atomic E-state index is 9.14. The van der Waals surface area contributed by atoms with Crippen LogP contribution in [0.15, 0.2) is 40.9 Å². The monoisotopic (exact) mass is 335 g/mol. The molecule has 0 aliphatic rings. The third-order valence-corrected chi connectivity index (χ3v) is 3.74. The Balaban J connectivity index is 2.37. The molecule has 0 aromatic heterocycles. The van der Waals surface area contributed by atoms with Gasteiger partial charge in [0.1, 0.15) is 23.1 Å². The molecule has 0 aliphatic heterocycles. The second-order valence-electron chi connectivity index (χ2n) is 3.93. The Bertz CT molecular complexity index is 649. The topological polar surface area (TPSA) is 33.0 Å². The molecule has 0 heterocycles. The second-order valence-corrected chi connectivity index (χ2v) is 5.20. The van der Waals surface area contributed by atoms with Gasteiger partial charge in [-0.2, -0.15) is 5.26 Å². The molecular formula is C15H11BrClNO. The summed E-state index contributed by atoms with van der Waals surface area (Å²) < 4.78 is 6.49. The molecule has 0 aliphatic carbocycles.